The molecule has 0 radical (unpaired) electrons. The number of aryl methyl sites for hydroxylation is 2. The van der Waals surface area contributed by atoms with Crippen LogP contribution < -0.4 is 5.32 Å². The van der Waals surface area contributed by atoms with Crippen molar-refractivity contribution in [2.45, 2.75) is 25.8 Å². The predicted molar refractivity (Wildman–Crippen MR) is 75.3 cm³/mol. The molecule has 1 atom stereocenters. The van der Waals surface area contributed by atoms with Crippen LogP contribution in [0.5, 0.6) is 0 Å². The summed E-state index contributed by atoms with van der Waals surface area (Å²) in [5.74, 6) is 0.136. The zero-order chi connectivity index (χ0) is 14.4. The minimum atomic E-state index is 0.131. The maximum atomic E-state index is 12.1. The molecule has 1 aliphatic rings. The van der Waals surface area contributed by atoms with E-state index >= 15 is 0 Å². The van der Waals surface area contributed by atoms with Crippen molar-refractivity contribution in [1.82, 2.24) is 20.2 Å². The number of carbonyl (C=O) groups excluding carboxylic acids is 1. The molecule has 0 spiro atoms. The van der Waals surface area contributed by atoms with E-state index in [1.54, 1.807) is 19.4 Å². The van der Waals surface area contributed by atoms with Crippen LogP contribution in [-0.4, -0.2) is 60.2 Å². The molecule has 1 unspecified atom stereocenters. The largest absolute Gasteiger partial charge is 0.377 e. The second-order valence-corrected chi connectivity index (χ2v) is 4.97. The molecule has 2 rings (SSSR count). The fraction of sp³-hybridized carbons (Fsp3) is 0.643. The predicted octanol–water partition coefficient (Wildman–Crippen LogP) is 0.164. The number of morpholine rings is 1. The Morgan fingerprint density at radius 2 is 2.30 bits per heavy atom. The van der Waals surface area contributed by atoms with E-state index in [9.17, 15) is 4.79 Å². The molecular weight excluding hydrogens is 256 g/mol. The summed E-state index contributed by atoms with van der Waals surface area (Å²) < 4.78 is 5.51. The lowest BCUT2D eigenvalue weighted by Crippen LogP contribution is -2.51. The highest BCUT2D eigenvalue weighted by Gasteiger charge is 2.26. The molecule has 1 N–H and O–H groups in total. The first-order chi connectivity index (χ1) is 9.72. The first-order valence-electron chi connectivity index (χ1n) is 7.00. The van der Waals surface area contributed by atoms with Crippen LogP contribution >= 0.6 is 0 Å². The summed E-state index contributed by atoms with van der Waals surface area (Å²) in [5.41, 5.74) is 1.96. The van der Waals surface area contributed by atoms with Gasteiger partial charge in [0, 0.05) is 18.9 Å². The second-order valence-electron chi connectivity index (χ2n) is 4.97. The Hall–Kier alpha value is -1.53. The average Bonchev–Trinajstić information content (AvgIpc) is 2.47. The van der Waals surface area contributed by atoms with E-state index in [4.69, 9.17) is 4.74 Å². The van der Waals surface area contributed by atoms with Gasteiger partial charge in [-0.05, 0) is 26.8 Å². The summed E-state index contributed by atoms with van der Waals surface area (Å²) in [7, 11) is 1.79. The summed E-state index contributed by atoms with van der Waals surface area (Å²) in [6.07, 6.45) is 5.08. The smallest absolute Gasteiger partial charge is 0.236 e. The van der Waals surface area contributed by atoms with Crippen molar-refractivity contribution in [1.29, 1.82) is 0 Å². The molecule has 0 aliphatic carbocycles. The molecule has 6 heteroatoms. The average molecular weight is 278 g/mol. The van der Waals surface area contributed by atoms with Gasteiger partial charge in [0.2, 0.25) is 5.91 Å². The summed E-state index contributed by atoms with van der Waals surface area (Å²) in [6, 6.07) is 0.131. The van der Waals surface area contributed by atoms with Crippen LogP contribution in [0.2, 0.25) is 0 Å². The van der Waals surface area contributed by atoms with Crippen molar-refractivity contribution in [2.75, 3.05) is 33.4 Å². The third-order valence-corrected chi connectivity index (χ3v) is 3.57. The Kier molecular flexibility index (Phi) is 5.43. The first kappa shape index (κ1) is 14.9. The quantitative estimate of drug-likeness (QED) is 0.831. The lowest BCUT2D eigenvalue weighted by Gasteiger charge is -2.35. The van der Waals surface area contributed by atoms with Gasteiger partial charge in [-0.25, -0.2) is 0 Å². The van der Waals surface area contributed by atoms with Gasteiger partial charge in [-0.2, -0.15) is 0 Å². The van der Waals surface area contributed by atoms with Gasteiger partial charge in [-0.1, -0.05) is 0 Å². The first-order valence-corrected chi connectivity index (χ1v) is 7.00. The Morgan fingerprint density at radius 3 is 3.05 bits per heavy atom. The van der Waals surface area contributed by atoms with E-state index in [-0.39, 0.29) is 11.9 Å². The molecule has 1 aromatic rings. The third kappa shape index (κ3) is 3.74. The number of aromatic nitrogens is 2. The molecule has 1 amide bonds. The van der Waals surface area contributed by atoms with E-state index in [0.717, 1.165) is 24.2 Å². The fourth-order valence-electron chi connectivity index (χ4n) is 2.46. The Balaban J connectivity index is 1.95. The number of nitrogens with one attached hydrogen (secondary N) is 1. The van der Waals surface area contributed by atoms with Gasteiger partial charge in [0.25, 0.3) is 0 Å². The highest BCUT2D eigenvalue weighted by atomic mass is 16.5. The van der Waals surface area contributed by atoms with Crippen LogP contribution in [-0.2, 0) is 16.0 Å². The number of hydrogen-bond acceptors (Lipinski definition) is 5. The van der Waals surface area contributed by atoms with Crippen LogP contribution in [0.25, 0.3) is 0 Å². The molecule has 0 aromatic carbocycles. The molecule has 0 bridgehead atoms. The monoisotopic (exact) mass is 278 g/mol. The van der Waals surface area contributed by atoms with Gasteiger partial charge >= 0.3 is 0 Å². The van der Waals surface area contributed by atoms with Crippen molar-refractivity contribution in [3.05, 3.63) is 23.8 Å². The molecular formula is C14H22N4O2. The van der Waals surface area contributed by atoms with E-state index in [1.165, 1.54) is 0 Å². The molecule has 0 saturated carbocycles. The summed E-state index contributed by atoms with van der Waals surface area (Å²) in [6.45, 7) is 4.24. The van der Waals surface area contributed by atoms with E-state index < -0.39 is 0 Å². The molecule has 1 fully saturated rings. The normalized spacial score (nSPS) is 19.1. The molecule has 2 heterocycles. The van der Waals surface area contributed by atoms with Gasteiger partial charge < -0.3 is 15.0 Å². The molecule has 1 saturated heterocycles. The van der Waals surface area contributed by atoms with Crippen LogP contribution in [0.15, 0.2) is 12.4 Å². The van der Waals surface area contributed by atoms with Crippen molar-refractivity contribution >= 4 is 5.91 Å². The maximum Gasteiger partial charge on any atom is 0.236 e. The van der Waals surface area contributed by atoms with Gasteiger partial charge in [0.05, 0.1) is 37.2 Å². The lowest BCUT2D eigenvalue weighted by molar-refractivity contribution is -0.139. The van der Waals surface area contributed by atoms with Gasteiger partial charge in [-0.15, -0.1) is 0 Å². The highest BCUT2D eigenvalue weighted by molar-refractivity contribution is 5.78. The Bertz CT molecular complexity index is 453. The number of ether oxygens (including phenoxy) is 1. The molecule has 6 nitrogen and oxygen atoms in total. The second kappa shape index (κ2) is 7.31. The number of likely N-dealkylation sites (N-methyl/N-ethyl adjacent to an activating group) is 1. The summed E-state index contributed by atoms with van der Waals surface area (Å²) in [5, 5.41) is 2.91. The summed E-state index contributed by atoms with van der Waals surface area (Å²) >= 11 is 0. The summed E-state index contributed by atoms with van der Waals surface area (Å²) in [4.78, 5) is 22.6. The van der Waals surface area contributed by atoms with Gasteiger partial charge in [0.15, 0.2) is 0 Å². The third-order valence-electron chi connectivity index (χ3n) is 3.57. The van der Waals surface area contributed by atoms with Crippen molar-refractivity contribution in [2.24, 2.45) is 0 Å². The lowest BCUT2D eigenvalue weighted by atomic mass is 10.1. The van der Waals surface area contributed by atoms with Crippen molar-refractivity contribution < 1.29 is 9.53 Å². The van der Waals surface area contributed by atoms with Crippen LogP contribution in [0, 0.1) is 6.92 Å². The van der Waals surface area contributed by atoms with Crippen molar-refractivity contribution in [3.8, 4) is 0 Å². The fourth-order valence-corrected chi connectivity index (χ4v) is 2.46. The SMILES string of the molecule is CNCC(=O)N1CCOCC1CCc1nccnc1C. The zero-order valence-corrected chi connectivity index (χ0v) is 12.1. The molecule has 1 aliphatic heterocycles. The van der Waals surface area contributed by atoms with Gasteiger partial charge in [0.1, 0.15) is 0 Å². The minimum Gasteiger partial charge on any atom is -0.377 e. The number of nitrogens with zero attached hydrogens (tertiary/aromatic N) is 3. The molecule has 110 valence electrons. The maximum absolute atomic E-state index is 12.1. The van der Waals surface area contributed by atoms with Crippen LogP contribution in [0.3, 0.4) is 0 Å². The highest BCUT2D eigenvalue weighted by Crippen LogP contribution is 2.14. The number of amides is 1. The van der Waals surface area contributed by atoms with E-state index in [0.29, 0.717) is 26.3 Å². The zero-order valence-electron chi connectivity index (χ0n) is 12.1. The Morgan fingerprint density at radius 1 is 1.50 bits per heavy atom. The number of hydrogen-bond donors (Lipinski definition) is 1. The number of carbonyl (C=O) groups is 1. The number of rotatable bonds is 5. The van der Waals surface area contributed by atoms with Crippen molar-refractivity contribution in [3.63, 3.8) is 0 Å². The molecule has 20 heavy (non-hydrogen) atoms. The Labute approximate surface area is 119 Å². The van der Waals surface area contributed by atoms with E-state index in [2.05, 4.69) is 15.3 Å². The van der Waals surface area contributed by atoms with Gasteiger partial charge in [-0.3, -0.25) is 14.8 Å². The minimum absolute atomic E-state index is 0.131. The van der Waals surface area contributed by atoms with Crippen LogP contribution in [0.1, 0.15) is 17.8 Å². The topological polar surface area (TPSA) is 67.4 Å². The molecule has 1 aromatic heterocycles. The van der Waals surface area contributed by atoms with E-state index in [1.807, 2.05) is 11.8 Å². The van der Waals surface area contributed by atoms with Crippen LogP contribution in [0.4, 0.5) is 0 Å². The standard InChI is InChI=1S/C14H22N4O2/c1-11-13(17-6-5-16-11)4-3-12-10-20-8-7-18(12)14(19)9-15-2/h5-6,12,15H,3-4,7-10H2,1-2H3.